The lowest BCUT2D eigenvalue weighted by molar-refractivity contribution is -0.127. The molecule has 76 valence electrons. The van der Waals surface area contributed by atoms with Crippen LogP contribution in [0.4, 0.5) is 13.2 Å². The number of aryl methyl sites for hydroxylation is 1. The summed E-state index contributed by atoms with van der Waals surface area (Å²) in [5, 5.41) is 5.77. The van der Waals surface area contributed by atoms with Gasteiger partial charge >= 0.3 is 6.18 Å². The van der Waals surface area contributed by atoms with Crippen molar-refractivity contribution in [3.63, 3.8) is 0 Å². The molecule has 0 saturated carbocycles. The summed E-state index contributed by atoms with van der Waals surface area (Å²) in [6.07, 6.45) is -3.71. The van der Waals surface area contributed by atoms with E-state index in [1.165, 1.54) is 6.20 Å². The van der Waals surface area contributed by atoms with E-state index in [-0.39, 0.29) is 5.69 Å². The van der Waals surface area contributed by atoms with Gasteiger partial charge in [0.2, 0.25) is 0 Å². The lowest BCUT2D eigenvalue weighted by Gasteiger charge is -2.03. The van der Waals surface area contributed by atoms with Gasteiger partial charge in [-0.3, -0.25) is 5.10 Å². The summed E-state index contributed by atoms with van der Waals surface area (Å²) in [5.74, 6) is 0. The molecule has 13 heavy (non-hydrogen) atoms. The standard InChI is InChI=1S/C6H7F3N2.C2H6/c1-4-3-10-11-5(4)2-6(7,8)9;1-2/h3H,2H2,1H3,(H,10,11);1-2H3. The molecule has 0 fully saturated rings. The molecule has 1 heterocycles. The van der Waals surface area contributed by atoms with Crippen molar-refractivity contribution >= 4 is 0 Å². The zero-order valence-corrected chi connectivity index (χ0v) is 7.87. The summed E-state index contributed by atoms with van der Waals surface area (Å²) in [6.45, 7) is 5.59. The molecule has 0 atom stereocenters. The first-order chi connectivity index (χ1) is 5.99. The Morgan fingerprint density at radius 1 is 1.38 bits per heavy atom. The molecular formula is C8H13F3N2. The second kappa shape index (κ2) is 4.89. The SMILES string of the molecule is CC.Cc1cn[nH]c1CC(F)(F)F. The molecule has 1 aromatic rings. The zero-order valence-electron chi connectivity index (χ0n) is 7.87. The summed E-state index contributed by atoms with van der Waals surface area (Å²) >= 11 is 0. The van der Waals surface area contributed by atoms with Gasteiger partial charge in [0.1, 0.15) is 0 Å². The lowest BCUT2D eigenvalue weighted by atomic mass is 10.2. The van der Waals surface area contributed by atoms with Crippen molar-refractivity contribution in [2.75, 3.05) is 0 Å². The molecule has 1 rings (SSSR count). The number of nitrogens with one attached hydrogen (secondary N) is 1. The molecule has 0 aliphatic heterocycles. The van der Waals surface area contributed by atoms with Crippen molar-refractivity contribution in [3.05, 3.63) is 17.5 Å². The van der Waals surface area contributed by atoms with Crippen molar-refractivity contribution < 1.29 is 13.2 Å². The van der Waals surface area contributed by atoms with Crippen molar-refractivity contribution in [1.29, 1.82) is 0 Å². The van der Waals surface area contributed by atoms with E-state index in [0.717, 1.165) is 0 Å². The quantitative estimate of drug-likeness (QED) is 0.731. The van der Waals surface area contributed by atoms with Gasteiger partial charge in [-0.2, -0.15) is 18.3 Å². The molecule has 0 amide bonds. The molecule has 2 nitrogen and oxygen atoms in total. The van der Waals surface area contributed by atoms with Crippen LogP contribution in [0.5, 0.6) is 0 Å². The normalized spacial score (nSPS) is 10.6. The maximum absolute atomic E-state index is 11.8. The maximum atomic E-state index is 11.8. The van der Waals surface area contributed by atoms with Crippen LogP contribution in [0.1, 0.15) is 25.1 Å². The van der Waals surface area contributed by atoms with Crippen LogP contribution in [0.2, 0.25) is 0 Å². The van der Waals surface area contributed by atoms with Gasteiger partial charge in [-0.1, -0.05) is 13.8 Å². The van der Waals surface area contributed by atoms with Gasteiger partial charge < -0.3 is 0 Å². The van der Waals surface area contributed by atoms with Crippen molar-refractivity contribution in [1.82, 2.24) is 10.2 Å². The predicted octanol–water partition coefficient (Wildman–Crippen LogP) is 2.85. The highest BCUT2D eigenvalue weighted by molar-refractivity contribution is 5.14. The number of hydrogen-bond acceptors (Lipinski definition) is 1. The third-order valence-electron chi connectivity index (χ3n) is 1.31. The average Bonchev–Trinajstić information content (AvgIpc) is 2.38. The number of aromatic amines is 1. The summed E-state index contributed by atoms with van der Waals surface area (Å²) < 4.78 is 35.3. The number of alkyl halides is 3. The molecule has 0 saturated heterocycles. The van der Waals surface area contributed by atoms with Crippen LogP contribution in [-0.4, -0.2) is 16.4 Å². The molecule has 0 aromatic carbocycles. The van der Waals surface area contributed by atoms with E-state index in [9.17, 15) is 13.2 Å². The van der Waals surface area contributed by atoms with E-state index in [1.54, 1.807) is 6.92 Å². The number of aromatic nitrogens is 2. The van der Waals surface area contributed by atoms with Crippen LogP contribution < -0.4 is 0 Å². The number of H-pyrrole nitrogens is 1. The summed E-state index contributed by atoms with van der Waals surface area (Å²) in [6, 6.07) is 0. The minimum Gasteiger partial charge on any atom is -0.282 e. The van der Waals surface area contributed by atoms with Gasteiger partial charge in [-0.25, -0.2) is 0 Å². The van der Waals surface area contributed by atoms with Crippen LogP contribution in [0.15, 0.2) is 6.20 Å². The fourth-order valence-electron chi connectivity index (χ4n) is 0.753. The van der Waals surface area contributed by atoms with Crippen LogP contribution in [0, 0.1) is 6.92 Å². The molecule has 0 aliphatic rings. The average molecular weight is 194 g/mol. The van der Waals surface area contributed by atoms with Gasteiger partial charge in [0, 0.05) is 5.69 Å². The van der Waals surface area contributed by atoms with Gasteiger partial charge in [-0.15, -0.1) is 0 Å². The Hall–Kier alpha value is -1.00. The third-order valence-corrected chi connectivity index (χ3v) is 1.31. The van der Waals surface area contributed by atoms with Crippen LogP contribution in [-0.2, 0) is 6.42 Å². The number of nitrogens with zero attached hydrogens (tertiary/aromatic N) is 1. The smallest absolute Gasteiger partial charge is 0.282 e. The lowest BCUT2D eigenvalue weighted by Crippen LogP contribution is -2.12. The van der Waals surface area contributed by atoms with E-state index in [2.05, 4.69) is 10.2 Å². The second-order valence-electron chi connectivity index (χ2n) is 2.32. The van der Waals surface area contributed by atoms with Gasteiger partial charge in [0.15, 0.2) is 0 Å². The molecule has 0 spiro atoms. The van der Waals surface area contributed by atoms with E-state index < -0.39 is 12.6 Å². The van der Waals surface area contributed by atoms with E-state index in [1.807, 2.05) is 13.8 Å². The van der Waals surface area contributed by atoms with E-state index in [0.29, 0.717) is 5.56 Å². The fraction of sp³-hybridized carbons (Fsp3) is 0.625. The van der Waals surface area contributed by atoms with Crippen molar-refractivity contribution in [3.8, 4) is 0 Å². The maximum Gasteiger partial charge on any atom is 0.394 e. The summed E-state index contributed by atoms with van der Waals surface area (Å²) in [5.41, 5.74) is 0.680. The molecule has 0 radical (unpaired) electrons. The molecule has 5 heteroatoms. The topological polar surface area (TPSA) is 28.7 Å². The zero-order chi connectivity index (χ0) is 10.5. The second-order valence-corrected chi connectivity index (χ2v) is 2.32. The Morgan fingerprint density at radius 3 is 2.23 bits per heavy atom. The predicted molar refractivity (Wildman–Crippen MR) is 44.4 cm³/mol. The third kappa shape index (κ3) is 4.55. The molecule has 1 N–H and O–H groups in total. The van der Waals surface area contributed by atoms with Gasteiger partial charge in [0.25, 0.3) is 0 Å². The van der Waals surface area contributed by atoms with Crippen LogP contribution in [0.3, 0.4) is 0 Å². The highest BCUT2D eigenvalue weighted by Gasteiger charge is 2.29. The minimum absolute atomic E-state index is 0.137. The number of rotatable bonds is 1. The van der Waals surface area contributed by atoms with Gasteiger partial charge in [0.05, 0.1) is 12.6 Å². The highest BCUT2D eigenvalue weighted by atomic mass is 19.4. The Bertz CT molecular complexity index is 240. The van der Waals surface area contributed by atoms with Crippen molar-refractivity contribution in [2.45, 2.75) is 33.4 Å². The molecular weight excluding hydrogens is 181 g/mol. The molecule has 0 unspecified atom stereocenters. The van der Waals surface area contributed by atoms with E-state index in [4.69, 9.17) is 0 Å². The van der Waals surface area contributed by atoms with E-state index >= 15 is 0 Å². The first kappa shape index (κ1) is 12.0. The van der Waals surface area contributed by atoms with Gasteiger partial charge in [-0.05, 0) is 12.5 Å². The number of halogens is 3. The summed E-state index contributed by atoms with van der Waals surface area (Å²) in [4.78, 5) is 0. The fourth-order valence-corrected chi connectivity index (χ4v) is 0.753. The molecule has 1 aromatic heterocycles. The molecule has 0 aliphatic carbocycles. The Balaban J connectivity index is 0.000000671. The highest BCUT2D eigenvalue weighted by Crippen LogP contribution is 2.21. The largest absolute Gasteiger partial charge is 0.394 e. The number of hydrogen-bond donors (Lipinski definition) is 1. The first-order valence-corrected chi connectivity index (χ1v) is 4.04. The first-order valence-electron chi connectivity index (χ1n) is 4.04. The van der Waals surface area contributed by atoms with Crippen LogP contribution >= 0.6 is 0 Å². The van der Waals surface area contributed by atoms with Crippen molar-refractivity contribution in [2.24, 2.45) is 0 Å². The Kier molecular flexibility index (Phi) is 4.51. The Morgan fingerprint density at radius 2 is 1.92 bits per heavy atom. The minimum atomic E-state index is -4.16. The molecule has 0 bridgehead atoms. The summed E-state index contributed by atoms with van der Waals surface area (Å²) in [7, 11) is 0. The monoisotopic (exact) mass is 194 g/mol. The van der Waals surface area contributed by atoms with Crippen LogP contribution in [0.25, 0.3) is 0 Å². The Labute approximate surface area is 75.2 Å².